The van der Waals surface area contributed by atoms with Gasteiger partial charge in [0.2, 0.25) is 0 Å². The molecule has 1 amide bonds. The minimum absolute atomic E-state index is 0.229. The van der Waals surface area contributed by atoms with E-state index in [0.717, 1.165) is 17.5 Å². The third kappa shape index (κ3) is 4.46. The molecular weight excluding hydrogens is 356 g/mol. The summed E-state index contributed by atoms with van der Waals surface area (Å²) in [5.74, 6) is 1.00. The van der Waals surface area contributed by atoms with Crippen molar-refractivity contribution in [1.29, 1.82) is 0 Å². The average molecular weight is 384 g/mol. The fourth-order valence-corrected chi connectivity index (χ4v) is 3.67. The van der Waals surface area contributed by atoms with E-state index >= 15 is 0 Å². The number of piperidine rings is 1. The second kappa shape index (κ2) is 9.08. The van der Waals surface area contributed by atoms with Crippen LogP contribution in [0.25, 0.3) is 0 Å². The number of amides is 1. The molecule has 1 aliphatic rings. The molecular formula is C22H28N2O4. The first-order valence-corrected chi connectivity index (χ1v) is 9.53. The van der Waals surface area contributed by atoms with Gasteiger partial charge in [0, 0.05) is 31.7 Å². The molecule has 2 aromatic rings. The van der Waals surface area contributed by atoms with Crippen molar-refractivity contribution >= 4 is 5.91 Å². The van der Waals surface area contributed by atoms with Crippen LogP contribution in [0.3, 0.4) is 0 Å². The summed E-state index contributed by atoms with van der Waals surface area (Å²) in [6.45, 7) is 1.83. The summed E-state index contributed by atoms with van der Waals surface area (Å²) in [5.41, 5.74) is 0.586. The third-order valence-corrected chi connectivity index (χ3v) is 5.14. The maximum absolute atomic E-state index is 13.0. The molecule has 0 saturated carbocycles. The molecule has 0 unspecified atom stereocenters. The van der Waals surface area contributed by atoms with Gasteiger partial charge in [0.1, 0.15) is 0 Å². The number of likely N-dealkylation sites (tertiary alicyclic amines) is 1. The van der Waals surface area contributed by atoms with Crippen LogP contribution in [0, 0.1) is 0 Å². The molecule has 1 saturated heterocycles. The molecule has 1 atom stereocenters. The second-order valence-corrected chi connectivity index (χ2v) is 7.10. The van der Waals surface area contributed by atoms with Crippen molar-refractivity contribution in [2.24, 2.45) is 0 Å². The van der Waals surface area contributed by atoms with Gasteiger partial charge >= 0.3 is 0 Å². The van der Waals surface area contributed by atoms with Crippen LogP contribution in [0.1, 0.15) is 24.0 Å². The summed E-state index contributed by atoms with van der Waals surface area (Å²) in [7, 11) is 3.17. The van der Waals surface area contributed by atoms with Gasteiger partial charge in [-0.3, -0.25) is 4.79 Å². The van der Waals surface area contributed by atoms with Gasteiger partial charge < -0.3 is 24.8 Å². The van der Waals surface area contributed by atoms with Crippen molar-refractivity contribution in [3.8, 4) is 11.5 Å². The summed E-state index contributed by atoms with van der Waals surface area (Å²) in [6.07, 6.45) is 1.21. The largest absolute Gasteiger partial charge is 0.493 e. The topological polar surface area (TPSA) is 71.0 Å². The third-order valence-electron chi connectivity index (χ3n) is 5.14. The molecule has 6 heteroatoms. The number of hydrogen-bond donors (Lipinski definition) is 2. The molecule has 2 N–H and O–H groups in total. The lowest BCUT2D eigenvalue weighted by Gasteiger charge is -2.38. The number of carbonyl (C=O) groups excluding carboxylic acids is 1. The van der Waals surface area contributed by atoms with Crippen molar-refractivity contribution in [2.45, 2.75) is 31.5 Å². The van der Waals surface area contributed by atoms with E-state index in [1.165, 1.54) is 0 Å². The zero-order valence-electron chi connectivity index (χ0n) is 16.5. The summed E-state index contributed by atoms with van der Waals surface area (Å²) >= 11 is 0. The number of ether oxygens (including phenoxy) is 2. The van der Waals surface area contributed by atoms with Crippen molar-refractivity contribution in [3.05, 3.63) is 59.7 Å². The Kier molecular flexibility index (Phi) is 6.54. The normalized spacial score (nSPS) is 19.5. The zero-order chi connectivity index (χ0) is 20.0. The Labute approximate surface area is 166 Å². The van der Waals surface area contributed by atoms with Crippen LogP contribution in [-0.4, -0.2) is 48.8 Å². The fourth-order valence-electron chi connectivity index (χ4n) is 3.67. The van der Waals surface area contributed by atoms with Gasteiger partial charge in [0.15, 0.2) is 17.1 Å². The van der Waals surface area contributed by atoms with Crippen LogP contribution in [0.4, 0.5) is 0 Å². The summed E-state index contributed by atoms with van der Waals surface area (Å²) < 4.78 is 10.8. The van der Waals surface area contributed by atoms with Crippen molar-refractivity contribution in [3.63, 3.8) is 0 Å². The molecule has 0 aromatic heterocycles. The lowest BCUT2D eigenvalue weighted by molar-refractivity contribution is -0.157. The molecule has 2 aromatic carbocycles. The highest BCUT2D eigenvalue weighted by Crippen LogP contribution is 2.33. The van der Waals surface area contributed by atoms with Crippen LogP contribution < -0.4 is 14.8 Å². The second-order valence-electron chi connectivity index (χ2n) is 7.10. The molecule has 0 radical (unpaired) electrons. The first kappa shape index (κ1) is 20.2. The minimum Gasteiger partial charge on any atom is -0.493 e. The van der Waals surface area contributed by atoms with Crippen LogP contribution in [0.15, 0.2) is 48.5 Å². The number of para-hydroxylation sites is 1. The SMILES string of the molecule is COc1cccc(CN2CCC[C@](O)(CNCc3ccccc3)C2=O)c1OC. The maximum Gasteiger partial charge on any atom is 0.256 e. The number of methoxy groups -OCH3 is 2. The summed E-state index contributed by atoms with van der Waals surface area (Å²) in [4.78, 5) is 14.7. The lowest BCUT2D eigenvalue weighted by atomic mass is 9.91. The first-order valence-electron chi connectivity index (χ1n) is 9.53. The zero-order valence-corrected chi connectivity index (χ0v) is 16.5. The van der Waals surface area contributed by atoms with E-state index in [9.17, 15) is 9.90 Å². The number of benzene rings is 2. The van der Waals surface area contributed by atoms with Gasteiger partial charge in [-0.15, -0.1) is 0 Å². The highest BCUT2D eigenvalue weighted by molar-refractivity contribution is 5.86. The van der Waals surface area contributed by atoms with Crippen LogP contribution >= 0.6 is 0 Å². The smallest absolute Gasteiger partial charge is 0.256 e. The van der Waals surface area contributed by atoms with E-state index in [4.69, 9.17) is 9.47 Å². The minimum atomic E-state index is -1.39. The van der Waals surface area contributed by atoms with E-state index in [0.29, 0.717) is 37.6 Å². The number of nitrogens with zero attached hydrogens (tertiary/aromatic N) is 1. The van der Waals surface area contributed by atoms with Crippen LogP contribution in [0.5, 0.6) is 11.5 Å². The number of aliphatic hydroxyl groups is 1. The summed E-state index contributed by atoms with van der Waals surface area (Å²) in [6, 6.07) is 15.6. The molecule has 150 valence electrons. The maximum atomic E-state index is 13.0. The molecule has 0 bridgehead atoms. The van der Waals surface area contributed by atoms with Crippen molar-refractivity contribution < 1.29 is 19.4 Å². The van der Waals surface area contributed by atoms with Gasteiger partial charge in [-0.1, -0.05) is 42.5 Å². The Bertz CT molecular complexity index is 796. The van der Waals surface area contributed by atoms with E-state index in [-0.39, 0.29) is 12.5 Å². The molecule has 6 nitrogen and oxygen atoms in total. The van der Waals surface area contributed by atoms with Gasteiger partial charge in [-0.05, 0) is 24.5 Å². The van der Waals surface area contributed by atoms with Gasteiger partial charge in [-0.2, -0.15) is 0 Å². The highest BCUT2D eigenvalue weighted by Gasteiger charge is 2.42. The summed E-state index contributed by atoms with van der Waals surface area (Å²) in [5, 5.41) is 14.2. The van der Waals surface area contributed by atoms with Crippen LogP contribution in [0.2, 0.25) is 0 Å². The van der Waals surface area contributed by atoms with E-state index in [1.807, 2.05) is 48.5 Å². The highest BCUT2D eigenvalue weighted by atomic mass is 16.5. The lowest BCUT2D eigenvalue weighted by Crippen LogP contribution is -2.57. The molecule has 1 heterocycles. The van der Waals surface area contributed by atoms with Crippen molar-refractivity contribution in [2.75, 3.05) is 27.3 Å². The molecule has 28 heavy (non-hydrogen) atoms. The fraction of sp³-hybridized carbons (Fsp3) is 0.409. The van der Waals surface area contributed by atoms with E-state index < -0.39 is 5.60 Å². The molecule has 1 fully saturated rings. The quantitative estimate of drug-likeness (QED) is 0.731. The Balaban J connectivity index is 1.66. The standard InChI is InChI=1S/C22H28N2O4/c1-27-19-11-6-10-18(20(19)28-2)15-24-13-7-12-22(26,21(24)25)16-23-14-17-8-4-3-5-9-17/h3-6,8-11,23,26H,7,12-16H2,1-2H3/t22-/m0/s1. The van der Waals surface area contributed by atoms with Crippen molar-refractivity contribution in [1.82, 2.24) is 10.2 Å². The number of rotatable bonds is 8. The Hall–Kier alpha value is -2.57. The molecule has 1 aliphatic heterocycles. The molecule has 0 spiro atoms. The Morgan fingerprint density at radius 1 is 1.11 bits per heavy atom. The average Bonchev–Trinajstić information content (AvgIpc) is 2.72. The molecule has 0 aliphatic carbocycles. The Morgan fingerprint density at radius 2 is 1.89 bits per heavy atom. The van der Waals surface area contributed by atoms with E-state index in [1.54, 1.807) is 19.1 Å². The number of carbonyl (C=O) groups is 1. The van der Waals surface area contributed by atoms with Gasteiger partial charge in [0.25, 0.3) is 5.91 Å². The number of hydrogen-bond acceptors (Lipinski definition) is 5. The van der Waals surface area contributed by atoms with E-state index in [2.05, 4.69) is 5.32 Å². The molecule has 3 rings (SSSR count). The first-order chi connectivity index (χ1) is 13.6. The number of nitrogens with one attached hydrogen (secondary N) is 1. The van der Waals surface area contributed by atoms with Crippen LogP contribution in [-0.2, 0) is 17.9 Å². The monoisotopic (exact) mass is 384 g/mol. The van der Waals surface area contributed by atoms with Gasteiger partial charge in [-0.25, -0.2) is 0 Å². The predicted molar refractivity (Wildman–Crippen MR) is 107 cm³/mol. The predicted octanol–water partition coefficient (Wildman–Crippen LogP) is 2.35. The Morgan fingerprint density at radius 3 is 2.61 bits per heavy atom. The van der Waals surface area contributed by atoms with Gasteiger partial charge in [0.05, 0.1) is 14.2 Å².